The standard InChI is InChI=1S/C34H34ClN7O2/c35-28-7-5-27(6-8-28)34(44)15-22-40(23-16-34)30-2-1-19-42-31(30)38-33(39-42)37-29-9-3-26(4-10-29)32(43)41-20-13-25(14-21-41)24-11-17-36-18-12-24/h1-12,17-19,25,44H,13-16,20-23H2,(H,37,39). The van der Waals surface area contributed by atoms with E-state index >= 15 is 0 Å². The smallest absolute Gasteiger partial charge is 0.253 e. The van der Waals surface area contributed by atoms with Crippen molar-refractivity contribution in [3.05, 3.63) is 113 Å². The molecule has 0 radical (unpaired) electrons. The van der Waals surface area contributed by atoms with Crippen molar-refractivity contribution in [3.8, 4) is 0 Å². The van der Waals surface area contributed by atoms with E-state index in [1.807, 2.05) is 84.2 Å². The van der Waals surface area contributed by atoms with Crippen LogP contribution in [0.2, 0.25) is 5.02 Å². The first-order valence-electron chi connectivity index (χ1n) is 15.1. The fraction of sp³-hybridized carbons (Fsp3) is 0.294. The zero-order valence-corrected chi connectivity index (χ0v) is 25.1. The van der Waals surface area contributed by atoms with Gasteiger partial charge in [-0.15, -0.1) is 5.10 Å². The van der Waals surface area contributed by atoms with E-state index in [2.05, 4.69) is 32.4 Å². The maximum Gasteiger partial charge on any atom is 0.253 e. The van der Waals surface area contributed by atoms with Gasteiger partial charge in [-0.1, -0.05) is 23.7 Å². The Morgan fingerprint density at radius 2 is 1.61 bits per heavy atom. The highest BCUT2D eigenvalue weighted by Gasteiger charge is 2.34. The van der Waals surface area contributed by atoms with Crippen molar-refractivity contribution in [3.63, 3.8) is 0 Å². The number of aliphatic hydroxyl groups is 1. The fourth-order valence-electron chi connectivity index (χ4n) is 6.42. The molecular formula is C34H34ClN7O2. The van der Waals surface area contributed by atoms with Crippen LogP contribution >= 0.6 is 11.6 Å². The van der Waals surface area contributed by atoms with Crippen molar-refractivity contribution in [2.75, 3.05) is 36.4 Å². The second-order valence-electron chi connectivity index (χ2n) is 11.7. The highest BCUT2D eigenvalue weighted by Crippen LogP contribution is 2.36. The number of aromatic nitrogens is 4. The number of hydrogen-bond acceptors (Lipinski definition) is 7. The van der Waals surface area contributed by atoms with Crippen LogP contribution in [-0.4, -0.2) is 61.7 Å². The molecule has 2 fully saturated rings. The Labute approximate surface area is 261 Å². The van der Waals surface area contributed by atoms with Gasteiger partial charge < -0.3 is 20.2 Å². The minimum Gasteiger partial charge on any atom is -0.385 e. The third-order valence-corrected chi connectivity index (χ3v) is 9.25. The molecule has 0 bridgehead atoms. The number of carbonyl (C=O) groups excluding carboxylic acids is 1. The number of hydrogen-bond donors (Lipinski definition) is 2. The van der Waals surface area contributed by atoms with Crippen LogP contribution in [0.25, 0.3) is 5.65 Å². The van der Waals surface area contributed by atoms with Gasteiger partial charge in [0.05, 0.1) is 11.3 Å². The number of amides is 1. The maximum atomic E-state index is 13.2. The Balaban J connectivity index is 0.989. The van der Waals surface area contributed by atoms with Gasteiger partial charge in [0.15, 0.2) is 5.65 Å². The molecule has 2 saturated heterocycles. The Hall–Kier alpha value is -4.47. The lowest BCUT2D eigenvalue weighted by Gasteiger charge is -2.39. The Morgan fingerprint density at radius 1 is 0.909 bits per heavy atom. The van der Waals surface area contributed by atoms with Gasteiger partial charge >= 0.3 is 0 Å². The molecule has 9 nitrogen and oxygen atoms in total. The number of piperidine rings is 2. The van der Waals surface area contributed by atoms with E-state index in [4.69, 9.17) is 16.6 Å². The molecule has 5 aromatic rings. The Kier molecular flexibility index (Phi) is 7.66. The first-order valence-corrected chi connectivity index (χ1v) is 15.5. The van der Waals surface area contributed by atoms with Gasteiger partial charge in [-0.3, -0.25) is 9.78 Å². The summed E-state index contributed by atoms with van der Waals surface area (Å²) in [6, 6.07) is 23.1. The first-order chi connectivity index (χ1) is 21.4. The van der Waals surface area contributed by atoms with Gasteiger partial charge in [-0.05, 0) is 103 Å². The monoisotopic (exact) mass is 607 g/mol. The summed E-state index contributed by atoms with van der Waals surface area (Å²) in [5, 5.41) is 19.9. The second kappa shape index (κ2) is 11.9. The number of nitrogens with zero attached hydrogens (tertiary/aromatic N) is 6. The van der Waals surface area contributed by atoms with Crippen LogP contribution < -0.4 is 10.2 Å². The molecule has 2 aliphatic rings. The number of likely N-dealkylation sites (tertiary alicyclic amines) is 1. The van der Waals surface area contributed by atoms with Crippen molar-refractivity contribution < 1.29 is 9.90 Å². The van der Waals surface area contributed by atoms with Crippen LogP contribution in [-0.2, 0) is 5.60 Å². The lowest BCUT2D eigenvalue weighted by Crippen LogP contribution is -2.42. The molecule has 0 atom stereocenters. The summed E-state index contributed by atoms with van der Waals surface area (Å²) < 4.78 is 1.77. The molecule has 3 aromatic heterocycles. The maximum absolute atomic E-state index is 13.2. The van der Waals surface area contributed by atoms with Crippen LogP contribution in [0, 0.1) is 0 Å². The van der Waals surface area contributed by atoms with Gasteiger partial charge in [0.25, 0.3) is 5.91 Å². The molecule has 2 N–H and O–H groups in total. The van der Waals surface area contributed by atoms with Crippen molar-refractivity contribution >= 4 is 40.5 Å². The topological polar surface area (TPSA) is 98.9 Å². The average Bonchev–Trinajstić information content (AvgIpc) is 3.49. The molecule has 5 heterocycles. The minimum atomic E-state index is -0.878. The van der Waals surface area contributed by atoms with Gasteiger partial charge in [0.2, 0.25) is 5.95 Å². The van der Waals surface area contributed by atoms with Crippen LogP contribution in [0.15, 0.2) is 91.4 Å². The summed E-state index contributed by atoms with van der Waals surface area (Å²) in [5.74, 6) is 1.01. The molecule has 10 heteroatoms. The third-order valence-electron chi connectivity index (χ3n) is 9.00. The predicted octanol–water partition coefficient (Wildman–Crippen LogP) is 6.03. The lowest BCUT2D eigenvalue weighted by molar-refractivity contribution is 0.0118. The summed E-state index contributed by atoms with van der Waals surface area (Å²) in [4.78, 5) is 26.3. The fourth-order valence-corrected chi connectivity index (χ4v) is 6.54. The highest BCUT2D eigenvalue weighted by atomic mass is 35.5. The average molecular weight is 608 g/mol. The summed E-state index contributed by atoms with van der Waals surface area (Å²) in [5.41, 5.74) is 4.51. The van der Waals surface area contributed by atoms with E-state index < -0.39 is 5.60 Å². The van der Waals surface area contributed by atoms with E-state index in [0.29, 0.717) is 48.4 Å². The van der Waals surface area contributed by atoms with Crippen molar-refractivity contribution in [1.29, 1.82) is 0 Å². The second-order valence-corrected chi connectivity index (χ2v) is 12.1. The van der Waals surface area contributed by atoms with Crippen LogP contribution in [0.3, 0.4) is 0 Å². The zero-order chi connectivity index (χ0) is 30.1. The van der Waals surface area contributed by atoms with Crippen LogP contribution in [0.5, 0.6) is 0 Å². The van der Waals surface area contributed by atoms with Gasteiger partial charge in [0, 0.05) is 61.0 Å². The van der Waals surface area contributed by atoms with E-state index in [9.17, 15) is 9.90 Å². The molecular weight excluding hydrogens is 574 g/mol. The normalized spacial score (nSPS) is 17.1. The summed E-state index contributed by atoms with van der Waals surface area (Å²) in [6.45, 7) is 2.87. The van der Waals surface area contributed by atoms with E-state index in [-0.39, 0.29) is 5.91 Å². The van der Waals surface area contributed by atoms with Crippen LogP contribution in [0.1, 0.15) is 53.1 Å². The molecule has 1 amide bonds. The van der Waals surface area contributed by atoms with Gasteiger partial charge in [0.1, 0.15) is 0 Å². The Bertz CT molecular complexity index is 1740. The van der Waals surface area contributed by atoms with E-state index in [1.165, 1.54) is 5.56 Å². The number of anilines is 3. The number of halogens is 1. The Morgan fingerprint density at radius 3 is 2.32 bits per heavy atom. The molecule has 0 aliphatic carbocycles. The molecule has 44 heavy (non-hydrogen) atoms. The molecule has 2 aliphatic heterocycles. The van der Waals surface area contributed by atoms with Crippen molar-refractivity contribution in [2.45, 2.75) is 37.2 Å². The van der Waals surface area contributed by atoms with E-state index in [1.54, 1.807) is 4.52 Å². The molecule has 7 rings (SSSR count). The van der Waals surface area contributed by atoms with Crippen molar-refractivity contribution in [1.82, 2.24) is 24.5 Å². The predicted molar refractivity (Wildman–Crippen MR) is 172 cm³/mol. The summed E-state index contributed by atoms with van der Waals surface area (Å²) in [7, 11) is 0. The lowest BCUT2D eigenvalue weighted by atomic mass is 9.84. The summed E-state index contributed by atoms with van der Waals surface area (Å²) in [6.07, 6.45) is 8.66. The quantitative estimate of drug-likeness (QED) is 0.243. The highest BCUT2D eigenvalue weighted by molar-refractivity contribution is 6.30. The van der Waals surface area contributed by atoms with E-state index in [0.717, 1.165) is 48.5 Å². The first kappa shape index (κ1) is 28.3. The number of benzene rings is 2. The number of fused-ring (bicyclic) bond motifs is 1. The number of pyridine rings is 2. The van der Waals surface area contributed by atoms with Crippen LogP contribution in [0.4, 0.5) is 17.3 Å². The van der Waals surface area contributed by atoms with Gasteiger partial charge in [-0.25, -0.2) is 4.52 Å². The zero-order valence-electron chi connectivity index (χ0n) is 24.3. The molecule has 224 valence electrons. The van der Waals surface area contributed by atoms with Crippen molar-refractivity contribution in [2.24, 2.45) is 0 Å². The number of nitrogens with one attached hydrogen (secondary N) is 1. The molecule has 0 saturated carbocycles. The largest absolute Gasteiger partial charge is 0.385 e. The third kappa shape index (κ3) is 5.73. The minimum absolute atomic E-state index is 0.0599. The molecule has 0 spiro atoms. The molecule has 2 aromatic carbocycles. The molecule has 0 unspecified atom stereocenters. The number of carbonyl (C=O) groups is 1. The SMILES string of the molecule is O=C(c1ccc(Nc2nc3c(N4CCC(O)(c5ccc(Cl)cc5)CC4)cccn3n2)cc1)N1CCC(c2ccncc2)CC1. The number of rotatable bonds is 6. The van der Waals surface area contributed by atoms with Gasteiger partial charge in [-0.2, -0.15) is 4.98 Å². The summed E-state index contributed by atoms with van der Waals surface area (Å²) >= 11 is 6.05.